The molecule has 2 N–H and O–H groups in total. The number of nitrogens with two attached hydrogens (primary N) is 1. The summed E-state index contributed by atoms with van der Waals surface area (Å²) in [5, 5.41) is 1.17. The van der Waals surface area contributed by atoms with E-state index in [1.165, 1.54) is 18.2 Å². The second-order valence-electron chi connectivity index (χ2n) is 6.05. The first kappa shape index (κ1) is 14.3. The molecule has 112 valence electrons. The number of benzene rings is 1. The Kier molecular flexibility index (Phi) is 4.08. The van der Waals surface area contributed by atoms with E-state index < -0.39 is 0 Å². The van der Waals surface area contributed by atoms with E-state index in [1.807, 2.05) is 12.1 Å². The largest absolute Gasteiger partial charge is 0.356 e. The minimum Gasteiger partial charge on any atom is -0.356 e. The Morgan fingerprint density at radius 2 is 1.95 bits per heavy atom. The van der Waals surface area contributed by atoms with Gasteiger partial charge in [-0.2, -0.15) is 0 Å². The van der Waals surface area contributed by atoms with Crippen LogP contribution in [0.4, 0.5) is 5.82 Å². The summed E-state index contributed by atoms with van der Waals surface area (Å²) < 4.78 is 0. The second-order valence-corrected chi connectivity index (χ2v) is 6.05. The molecule has 1 aromatic carbocycles. The van der Waals surface area contributed by atoms with Crippen molar-refractivity contribution in [3.8, 4) is 0 Å². The fraction of sp³-hybridized carbons (Fsp3) is 0.471. The smallest absolute Gasteiger partial charge is 0.133 e. The lowest BCUT2D eigenvalue weighted by molar-refractivity contribution is 0.249. The number of fused-ring (bicyclic) bond motifs is 1. The van der Waals surface area contributed by atoms with Gasteiger partial charge >= 0.3 is 0 Å². The topological polar surface area (TPSA) is 45.4 Å². The Morgan fingerprint density at radius 1 is 1.24 bits per heavy atom. The van der Waals surface area contributed by atoms with Crippen molar-refractivity contribution >= 4 is 16.7 Å². The molecule has 0 spiro atoms. The lowest BCUT2D eigenvalue weighted by Crippen LogP contribution is -2.42. The molecule has 1 aliphatic rings. The van der Waals surface area contributed by atoms with Gasteiger partial charge in [0.05, 0.1) is 5.52 Å². The van der Waals surface area contributed by atoms with E-state index in [2.05, 4.69) is 42.1 Å². The highest BCUT2D eigenvalue weighted by Gasteiger charge is 2.23. The molecule has 1 aliphatic heterocycles. The number of anilines is 1. The molecule has 21 heavy (non-hydrogen) atoms. The summed E-state index contributed by atoms with van der Waals surface area (Å²) in [6, 6.07) is 11.1. The third-order valence-electron chi connectivity index (χ3n) is 4.49. The molecule has 0 bridgehead atoms. The molecule has 0 atom stereocenters. The maximum absolute atomic E-state index is 5.95. The predicted molar refractivity (Wildman–Crippen MR) is 88.6 cm³/mol. The summed E-state index contributed by atoms with van der Waals surface area (Å²) in [4.78, 5) is 9.60. The molecular weight excluding hydrogens is 260 g/mol. The predicted octanol–water partition coefficient (Wildman–Crippen LogP) is 2.22. The molecular formula is C17H24N4. The van der Waals surface area contributed by atoms with Crippen molar-refractivity contribution < 1.29 is 0 Å². The first-order valence-corrected chi connectivity index (χ1v) is 7.69. The first-order valence-electron chi connectivity index (χ1n) is 7.69. The summed E-state index contributed by atoms with van der Waals surface area (Å²) in [5.74, 6) is 1.08. The summed E-state index contributed by atoms with van der Waals surface area (Å²) in [6.07, 6.45) is 2.37. The third-order valence-corrected chi connectivity index (χ3v) is 4.49. The Labute approximate surface area is 126 Å². The number of para-hydroxylation sites is 1. The van der Waals surface area contributed by atoms with Gasteiger partial charge in [-0.25, -0.2) is 4.98 Å². The molecule has 0 unspecified atom stereocenters. The number of nitrogens with zero attached hydrogens (tertiary/aromatic N) is 3. The van der Waals surface area contributed by atoms with Gasteiger partial charge in [0, 0.05) is 36.6 Å². The lowest BCUT2D eigenvalue weighted by atomic mass is 10.0. The highest BCUT2D eigenvalue weighted by molar-refractivity contribution is 5.81. The third kappa shape index (κ3) is 2.87. The van der Waals surface area contributed by atoms with Crippen LogP contribution in [-0.2, 0) is 6.54 Å². The van der Waals surface area contributed by atoms with Crippen molar-refractivity contribution in [2.75, 3.05) is 32.1 Å². The van der Waals surface area contributed by atoms with E-state index in [1.54, 1.807) is 0 Å². The van der Waals surface area contributed by atoms with Gasteiger partial charge in [0.2, 0.25) is 0 Å². The molecule has 0 amide bonds. The SMILES string of the molecule is CN(C)C1CCN(c2nc3ccccc3cc2CN)CC1. The lowest BCUT2D eigenvalue weighted by Gasteiger charge is -2.36. The van der Waals surface area contributed by atoms with Crippen molar-refractivity contribution in [1.29, 1.82) is 0 Å². The quantitative estimate of drug-likeness (QED) is 0.939. The minimum absolute atomic E-state index is 0.542. The van der Waals surface area contributed by atoms with Gasteiger partial charge in [-0.3, -0.25) is 0 Å². The van der Waals surface area contributed by atoms with Crippen molar-refractivity contribution in [3.63, 3.8) is 0 Å². The number of hydrogen-bond acceptors (Lipinski definition) is 4. The first-order chi connectivity index (χ1) is 10.2. The number of piperidine rings is 1. The zero-order valence-electron chi connectivity index (χ0n) is 12.9. The molecule has 0 saturated carbocycles. The van der Waals surface area contributed by atoms with Gasteiger partial charge in [0.1, 0.15) is 5.82 Å². The van der Waals surface area contributed by atoms with E-state index in [9.17, 15) is 0 Å². The number of aromatic nitrogens is 1. The molecule has 0 aliphatic carbocycles. The average Bonchev–Trinajstić information content (AvgIpc) is 2.53. The number of pyridine rings is 1. The molecule has 1 fully saturated rings. The molecule has 4 heteroatoms. The number of rotatable bonds is 3. The summed E-state index contributed by atoms with van der Waals surface area (Å²) >= 11 is 0. The fourth-order valence-corrected chi connectivity index (χ4v) is 3.17. The van der Waals surface area contributed by atoms with Crippen LogP contribution >= 0.6 is 0 Å². The van der Waals surface area contributed by atoms with Crippen LogP contribution < -0.4 is 10.6 Å². The summed E-state index contributed by atoms with van der Waals surface area (Å²) in [5.41, 5.74) is 8.15. The Bertz CT molecular complexity index is 615. The van der Waals surface area contributed by atoms with Crippen LogP contribution in [0.25, 0.3) is 10.9 Å². The fourth-order valence-electron chi connectivity index (χ4n) is 3.17. The Balaban J connectivity index is 1.89. The van der Waals surface area contributed by atoms with Crippen molar-refractivity contribution in [2.45, 2.75) is 25.4 Å². The maximum atomic E-state index is 5.95. The van der Waals surface area contributed by atoms with E-state index in [-0.39, 0.29) is 0 Å². The van der Waals surface area contributed by atoms with Gasteiger partial charge in [-0.1, -0.05) is 18.2 Å². The van der Waals surface area contributed by atoms with Gasteiger partial charge < -0.3 is 15.5 Å². The van der Waals surface area contributed by atoms with E-state index in [0.717, 1.165) is 30.0 Å². The minimum atomic E-state index is 0.542. The number of hydrogen-bond donors (Lipinski definition) is 1. The zero-order chi connectivity index (χ0) is 14.8. The molecule has 4 nitrogen and oxygen atoms in total. The molecule has 3 rings (SSSR count). The van der Waals surface area contributed by atoms with Gasteiger partial charge in [0.25, 0.3) is 0 Å². The van der Waals surface area contributed by atoms with Crippen LogP contribution in [0, 0.1) is 0 Å². The highest BCUT2D eigenvalue weighted by Crippen LogP contribution is 2.26. The van der Waals surface area contributed by atoms with E-state index in [0.29, 0.717) is 12.6 Å². The summed E-state index contributed by atoms with van der Waals surface area (Å²) in [6.45, 7) is 2.66. The normalized spacial score (nSPS) is 16.9. The molecule has 1 saturated heterocycles. The zero-order valence-corrected chi connectivity index (χ0v) is 12.9. The van der Waals surface area contributed by atoms with Crippen molar-refractivity contribution in [3.05, 3.63) is 35.9 Å². The van der Waals surface area contributed by atoms with E-state index in [4.69, 9.17) is 10.7 Å². The second kappa shape index (κ2) is 6.00. The molecule has 1 aromatic heterocycles. The highest BCUT2D eigenvalue weighted by atomic mass is 15.2. The van der Waals surface area contributed by atoms with Crippen LogP contribution in [0.15, 0.2) is 30.3 Å². The van der Waals surface area contributed by atoms with Crippen LogP contribution in [0.1, 0.15) is 18.4 Å². The van der Waals surface area contributed by atoms with Gasteiger partial charge in [-0.15, -0.1) is 0 Å². The monoisotopic (exact) mass is 284 g/mol. The Hall–Kier alpha value is -1.65. The molecule has 0 radical (unpaired) electrons. The Morgan fingerprint density at radius 3 is 2.62 bits per heavy atom. The van der Waals surface area contributed by atoms with Crippen molar-refractivity contribution in [1.82, 2.24) is 9.88 Å². The van der Waals surface area contributed by atoms with Gasteiger partial charge in [-0.05, 0) is 39.1 Å². The summed E-state index contributed by atoms with van der Waals surface area (Å²) in [7, 11) is 4.33. The van der Waals surface area contributed by atoms with Crippen molar-refractivity contribution in [2.24, 2.45) is 5.73 Å². The van der Waals surface area contributed by atoms with Crippen LogP contribution in [-0.4, -0.2) is 43.1 Å². The van der Waals surface area contributed by atoms with Crippen LogP contribution in [0.5, 0.6) is 0 Å². The van der Waals surface area contributed by atoms with E-state index >= 15 is 0 Å². The molecule has 2 heterocycles. The standard InChI is InChI=1S/C17H24N4/c1-20(2)15-7-9-21(10-8-15)17-14(12-18)11-13-5-3-4-6-16(13)19-17/h3-6,11,15H,7-10,12,18H2,1-2H3. The molecule has 2 aromatic rings. The average molecular weight is 284 g/mol. The van der Waals surface area contributed by atoms with Crippen LogP contribution in [0.2, 0.25) is 0 Å². The maximum Gasteiger partial charge on any atom is 0.133 e. The van der Waals surface area contributed by atoms with Gasteiger partial charge in [0.15, 0.2) is 0 Å². The van der Waals surface area contributed by atoms with Crippen LogP contribution in [0.3, 0.4) is 0 Å².